The first-order valence-electron chi connectivity index (χ1n) is 8.04. The van der Waals surface area contributed by atoms with E-state index in [0.717, 1.165) is 13.0 Å². The van der Waals surface area contributed by atoms with Gasteiger partial charge in [0.05, 0.1) is 0 Å². The standard InChI is InChI=1S/C18H26N2/c1-13(12-20-16-6-2-3-7-16)14-9-10-17-15(11-14)5-4-8-18(17)19/h9-11,16,18,20H,1-8,12,19H2. The van der Waals surface area contributed by atoms with Crippen LogP contribution in [0.5, 0.6) is 0 Å². The molecule has 108 valence electrons. The third kappa shape index (κ3) is 2.97. The second-order valence-corrected chi connectivity index (χ2v) is 6.38. The molecule has 2 heteroatoms. The van der Waals surface area contributed by atoms with Gasteiger partial charge in [0.1, 0.15) is 0 Å². The minimum atomic E-state index is 0.234. The van der Waals surface area contributed by atoms with Crippen LogP contribution in [0.2, 0.25) is 0 Å². The summed E-state index contributed by atoms with van der Waals surface area (Å²) >= 11 is 0. The third-order valence-corrected chi connectivity index (χ3v) is 4.87. The highest BCUT2D eigenvalue weighted by atomic mass is 14.9. The molecule has 0 bridgehead atoms. The number of nitrogens with one attached hydrogen (secondary N) is 1. The summed E-state index contributed by atoms with van der Waals surface area (Å²) in [5, 5.41) is 3.64. The van der Waals surface area contributed by atoms with Gasteiger partial charge < -0.3 is 11.1 Å². The lowest BCUT2D eigenvalue weighted by Crippen LogP contribution is -2.27. The molecule has 1 atom stereocenters. The van der Waals surface area contributed by atoms with Crippen LogP contribution in [-0.2, 0) is 6.42 Å². The molecule has 3 rings (SSSR count). The van der Waals surface area contributed by atoms with Gasteiger partial charge in [0, 0.05) is 18.6 Å². The predicted octanol–water partition coefficient (Wildman–Crippen LogP) is 3.57. The Kier molecular flexibility index (Phi) is 4.23. The van der Waals surface area contributed by atoms with Gasteiger partial charge in [-0.1, -0.05) is 37.6 Å². The highest BCUT2D eigenvalue weighted by Crippen LogP contribution is 2.30. The number of benzene rings is 1. The van der Waals surface area contributed by atoms with Gasteiger partial charge >= 0.3 is 0 Å². The Balaban J connectivity index is 1.65. The van der Waals surface area contributed by atoms with E-state index in [9.17, 15) is 0 Å². The van der Waals surface area contributed by atoms with Crippen molar-refractivity contribution >= 4 is 5.57 Å². The minimum Gasteiger partial charge on any atom is -0.324 e. The number of hydrogen-bond donors (Lipinski definition) is 2. The molecule has 20 heavy (non-hydrogen) atoms. The molecule has 1 fully saturated rings. The lowest BCUT2D eigenvalue weighted by molar-refractivity contribution is 0.560. The van der Waals surface area contributed by atoms with Gasteiger partial charge in [0.15, 0.2) is 0 Å². The van der Waals surface area contributed by atoms with Gasteiger partial charge in [0.2, 0.25) is 0 Å². The molecule has 2 nitrogen and oxygen atoms in total. The maximum absolute atomic E-state index is 6.18. The average molecular weight is 270 g/mol. The van der Waals surface area contributed by atoms with Gasteiger partial charge in [-0.15, -0.1) is 0 Å². The Morgan fingerprint density at radius 1 is 1.20 bits per heavy atom. The third-order valence-electron chi connectivity index (χ3n) is 4.87. The van der Waals surface area contributed by atoms with Crippen molar-refractivity contribution in [3.63, 3.8) is 0 Å². The van der Waals surface area contributed by atoms with Crippen LogP contribution in [-0.4, -0.2) is 12.6 Å². The molecule has 1 aromatic rings. The zero-order valence-corrected chi connectivity index (χ0v) is 12.3. The topological polar surface area (TPSA) is 38.0 Å². The van der Waals surface area contributed by atoms with Crippen molar-refractivity contribution in [2.45, 2.75) is 57.0 Å². The summed E-state index contributed by atoms with van der Waals surface area (Å²) in [6.45, 7) is 5.17. The second-order valence-electron chi connectivity index (χ2n) is 6.38. The molecule has 0 amide bonds. The van der Waals surface area contributed by atoms with Crippen molar-refractivity contribution in [2.75, 3.05) is 6.54 Å². The van der Waals surface area contributed by atoms with Crippen molar-refractivity contribution in [1.29, 1.82) is 0 Å². The van der Waals surface area contributed by atoms with E-state index in [-0.39, 0.29) is 6.04 Å². The Morgan fingerprint density at radius 3 is 2.80 bits per heavy atom. The van der Waals surface area contributed by atoms with Gasteiger partial charge in [0.25, 0.3) is 0 Å². The van der Waals surface area contributed by atoms with Crippen molar-refractivity contribution in [3.05, 3.63) is 41.5 Å². The maximum atomic E-state index is 6.18. The van der Waals surface area contributed by atoms with Crippen LogP contribution in [0.1, 0.15) is 61.3 Å². The molecule has 2 aliphatic carbocycles. The van der Waals surface area contributed by atoms with Crippen LogP contribution in [0.25, 0.3) is 5.57 Å². The molecule has 0 aliphatic heterocycles. The van der Waals surface area contributed by atoms with E-state index in [1.165, 1.54) is 60.8 Å². The molecule has 1 aromatic carbocycles. The normalized spacial score (nSPS) is 22.8. The van der Waals surface area contributed by atoms with Crippen LogP contribution in [0.4, 0.5) is 0 Å². The van der Waals surface area contributed by atoms with Gasteiger partial charge in [-0.25, -0.2) is 0 Å². The first-order chi connectivity index (χ1) is 9.74. The monoisotopic (exact) mass is 270 g/mol. The largest absolute Gasteiger partial charge is 0.324 e. The van der Waals surface area contributed by atoms with E-state index >= 15 is 0 Å². The molecular weight excluding hydrogens is 244 g/mol. The van der Waals surface area contributed by atoms with Crippen molar-refractivity contribution in [2.24, 2.45) is 5.73 Å². The second kappa shape index (κ2) is 6.11. The molecule has 0 aromatic heterocycles. The molecule has 3 N–H and O–H groups in total. The van der Waals surface area contributed by atoms with Crippen LogP contribution < -0.4 is 11.1 Å². The van der Waals surface area contributed by atoms with Gasteiger partial charge in [-0.2, -0.15) is 0 Å². The lowest BCUT2D eigenvalue weighted by atomic mass is 9.86. The van der Waals surface area contributed by atoms with Gasteiger partial charge in [-0.3, -0.25) is 0 Å². The summed E-state index contributed by atoms with van der Waals surface area (Å²) in [6.07, 6.45) is 8.90. The van der Waals surface area contributed by atoms with E-state index in [0.29, 0.717) is 6.04 Å². The number of nitrogens with two attached hydrogens (primary N) is 1. The van der Waals surface area contributed by atoms with Crippen molar-refractivity contribution < 1.29 is 0 Å². The SMILES string of the molecule is C=C(CNC1CCCC1)c1ccc2c(c1)CCCC2N. The molecule has 0 spiro atoms. The molecule has 1 unspecified atom stereocenters. The van der Waals surface area contributed by atoms with E-state index in [1.54, 1.807) is 0 Å². The first kappa shape index (κ1) is 13.8. The quantitative estimate of drug-likeness (QED) is 0.878. The van der Waals surface area contributed by atoms with E-state index in [1.807, 2.05) is 0 Å². The van der Waals surface area contributed by atoms with Crippen LogP contribution in [0.15, 0.2) is 24.8 Å². The minimum absolute atomic E-state index is 0.234. The molecule has 0 radical (unpaired) electrons. The van der Waals surface area contributed by atoms with Gasteiger partial charge in [-0.05, 0) is 54.4 Å². The summed E-state index contributed by atoms with van der Waals surface area (Å²) in [5.74, 6) is 0. The fourth-order valence-electron chi connectivity index (χ4n) is 3.57. The van der Waals surface area contributed by atoms with E-state index in [2.05, 4.69) is 30.1 Å². The van der Waals surface area contributed by atoms with Crippen molar-refractivity contribution in [1.82, 2.24) is 5.32 Å². The number of aryl methyl sites for hydroxylation is 1. The van der Waals surface area contributed by atoms with E-state index < -0.39 is 0 Å². The zero-order valence-electron chi connectivity index (χ0n) is 12.3. The Morgan fingerprint density at radius 2 is 2.00 bits per heavy atom. The smallest absolute Gasteiger partial charge is 0.0297 e. The summed E-state index contributed by atoms with van der Waals surface area (Å²) < 4.78 is 0. The molecule has 1 saturated carbocycles. The van der Waals surface area contributed by atoms with Crippen molar-refractivity contribution in [3.8, 4) is 0 Å². The van der Waals surface area contributed by atoms with E-state index in [4.69, 9.17) is 5.73 Å². The molecular formula is C18H26N2. The highest BCUT2D eigenvalue weighted by Gasteiger charge is 2.18. The fraction of sp³-hybridized carbons (Fsp3) is 0.556. The van der Waals surface area contributed by atoms with Crippen LogP contribution in [0, 0.1) is 0 Å². The maximum Gasteiger partial charge on any atom is 0.0297 e. The Bertz CT molecular complexity index is 486. The highest BCUT2D eigenvalue weighted by molar-refractivity contribution is 5.66. The first-order valence-corrected chi connectivity index (χ1v) is 8.04. The summed E-state index contributed by atoms with van der Waals surface area (Å²) in [5.41, 5.74) is 11.4. The Hall–Kier alpha value is -1.12. The van der Waals surface area contributed by atoms with Crippen LogP contribution in [0.3, 0.4) is 0 Å². The summed E-state index contributed by atoms with van der Waals surface area (Å²) in [4.78, 5) is 0. The fourth-order valence-corrected chi connectivity index (χ4v) is 3.57. The zero-order chi connectivity index (χ0) is 13.9. The number of rotatable bonds is 4. The number of fused-ring (bicyclic) bond motifs is 1. The summed E-state index contributed by atoms with van der Waals surface area (Å²) in [6, 6.07) is 7.67. The molecule has 0 heterocycles. The molecule has 2 aliphatic rings. The lowest BCUT2D eigenvalue weighted by Gasteiger charge is -2.23. The summed E-state index contributed by atoms with van der Waals surface area (Å²) in [7, 11) is 0. The Labute approximate surface area is 122 Å². The predicted molar refractivity (Wildman–Crippen MR) is 85.6 cm³/mol. The van der Waals surface area contributed by atoms with Crippen LogP contribution >= 0.6 is 0 Å². The number of hydrogen-bond acceptors (Lipinski definition) is 2. The average Bonchev–Trinajstić information content (AvgIpc) is 2.98. The molecule has 0 saturated heterocycles.